The van der Waals surface area contributed by atoms with Crippen molar-refractivity contribution in [2.24, 2.45) is 0 Å². The van der Waals surface area contributed by atoms with Gasteiger partial charge in [0.1, 0.15) is 5.75 Å². The van der Waals surface area contributed by atoms with Crippen LogP contribution in [0.3, 0.4) is 0 Å². The highest BCUT2D eigenvalue weighted by molar-refractivity contribution is 5.35. The Kier molecular flexibility index (Phi) is 6.34. The fourth-order valence-electron chi connectivity index (χ4n) is 2.86. The summed E-state index contributed by atoms with van der Waals surface area (Å²) in [6.45, 7) is 9.85. The van der Waals surface area contributed by atoms with E-state index in [1.165, 1.54) is 44.5 Å². The Morgan fingerprint density at radius 2 is 2.00 bits per heavy atom. The van der Waals surface area contributed by atoms with Crippen LogP contribution >= 0.6 is 0 Å². The normalized spacial score (nSPS) is 17.3. The van der Waals surface area contributed by atoms with Crippen molar-refractivity contribution in [3.63, 3.8) is 0 Å². The van der Waals surface area contributed by atoms with Gasteiger partial charge in [-0.25, -0.2) is 0 Å². The third-order valence-electron chi connectivity index (χ3n) is 3.99. The maximum absolute atomic E-state index is 5.70. The highest BCUT2D eigenvalue weighted by atomic mass is 16.5. The van der Waals surface area contributed by atoms with E-state index in [0.717, 1.165) is 18.9 Å². The van der Waals surface area contributed by atoms with E-state index in [2.05, 4.69) is 35.3 Å². The molecule has 1 fully saturated rings. The third-order valence-corrected chi connectivity index (χ3v) is 3.99. The molecule has 112 valence electrons. The second kappa shape index (κ2) is 8.28. The second-order valence-electron chi connectivity index (χ2n) is 5.55. The van der Waals surface area contributed by atoms with Crippen LogP contribution in [0.1, 0.15) is 44.7 Å². The van der Waals surface area contributed by atoms with E-state index in [4.69, 9.17) is 4.74 Å². The van der Waals surface area contributed by atoms with Crippen molar-refractivity contribution in [1.29, 1.82) is 0 Å². The smallest absolute Gasteiger partial charge is 0.124 e. The summed E-state index contributed by atoms with van der Waals surface area (Å²) in [5.41, 5.74) is 1.26. The zero-order valence-corrected chi connectivity index (χ0v) is 12.9. The van der Waals surface area contributed by atoms with Gasteiger partial charge in [0.2, 0.25) is 0 Å². The molecular weight excluding hydrogens is 248 g/mol. The van der Waals surface area contributed by atoms with Gasteiger partial charge >= 0.3 is 0 Å². The molecule has 1 heterocycles. The maximum Gasteiger partial charge on any atom is 0.124 e. The molecule has 1 saturated heterocycles. The molecule has 0 aromatic heterocycles. The summed E-state index contributed by atoms with van der Waals surface area (Å²) >= 11 is 0. The van der Waals surface area contributed by atoms with Gasteiger partial charge in [0.15, 0.2) is 0 Å². The summed E-state index contributed by atoms with van der Waals surface area (Å²) < 4.78 is 5.70. The number of hydrogen-bond donors (Lipinski definition) is 1. The standard InChI is InChI=1S/C17H28N2O/c1-3-20-17-10-5-4-9-16(17)15(2)18-11-8-14-19-12-6-7-13-19/h4-5,9-10,15,18H,3,6-8,11-14H2,1-2H3. The molecule has 1 N–H and O–H groups in total. The number of nitrogens with one attached hydrogen (secondary N) is 1. The van der Waals surface area contributed by atoms with Gasteiger partial charge in [-0.15, -0.1) is 0 Å². The maximum atomic E-state index is 5.70. The summed E-state index contributed by atoms with van der Waals surface area (Å²) in [4.78, 5) is 2.57. The lowest BCUT2D eigenvalue weighted by molar-refractivity contribution is 0.323. The molecule has 3 nitrogen and oxygen atoms in total. The van der Waals surface area contributed by atoms with Crippen molar-refractivity contribution in [2.75, 3.05) is 32.8 Å². The highest BCUT2D eigenvalue weighted by Crippen LogP contribution is 2.24. The summed E-state index contributed by atoms with van der Waals surface area (Å²) in [5.74, 6) is 1.01. The Balaban J connectivity index is 1.74. The van der Waals surface area contributed by atoms with E-state index >= 15 is 0 Å². The molecule has 1 atom stereocenters. The van der Waals surface area contributed by atoms with Crippen LogP contribution in [0.25, 0.3) is 0 Å². The molecule has 3 heteroatoms. The van der Waals surface area contributed by atoms with Gasteiger partial charge in [-0.05, 0) is 65.4 Å². The number of rotatable bonds is 8. The average molecular weight is 276 g/mol. The quantitative estimate of drug-likeness (QED) is 0.738. The van der Waals surface area contributed by atoms with Gasteiger partial charge in [0.25, 0.3) is 0 Å². The van der Waals surface area contributed by atoms with Gasteiger partial charge in [-0.1, -0.05) is 18.2 Å². The third kappa shape index (κ3) is 4.50. The summed E-state index contributed by atoms with van der Waals surface area (Å²) in [5, 5.41) is 3.62. The van der Waals surface area contributed by atoms with Crippen LogP contribution in [-0.4, -0.2) is 37.7 Å². The SMILES string of the molecule is CCOc1ccccc1C(C)NCCCN1CCCC1. The van der Waals surface area contributed by atoms with Gasteiger partial charge in [-0.2, -0.15) is 0 Å². The first-order chi connectivity index (χ1) is 9.81. The Morgan fingerprint density at radius 1 is 1.25 bits per heavy atom. The van der Waals surface area contributed by atoms with Gasteiger partial charge < -0.3 is 15.0 Å². The van der Waals surface area contributed by atoms with Crippen LogP contribution in [0.15, 0.2) is 24.3 Å². The van der Waals surface area contributed by atoms with Crippen LogP contribution in [0.4, 0.5) is 0 Å². The highest BCUT2D eigenvalue weighted by Gasteiger charge is 2.12. The molecule has 1 aliphatic heterocycles. The molecule has 1 aromatic rings. The number of para-hydroxylation sites is 1. The van der Waals surface area contributed by atoms with Crippen molar-refractivity contribution >= 4 is 0 Å². The van der Waals surface area contributed by atoms with E-state index in [1.54, 1.807) is 0 Å². The van der Waals surface area contributed by atoms with Crippen molar-refractivity contribution in [1.82, 2.24) is 10.2 Å². The van der Waals surface area contributed by atoms with Crippen molar-refractivity contribution < 1.29 is 4.74 Å². The van der Waals surface area contributed by atoms with E-state index in [1.807, 2.05) is 13.0 Å². The van der Waals surface area contributed by atoms with E-state index < -0.39 is 0 Å². The number of hydrogen-bond acceptors (Lipinski definition) is 3. The topological polar surface area (TPSA) is 24.5 Å². The lowest BCUT2D eigenvalue weighted by atomic mass is 10.1. The average Bonchev–Trinajstić information content (AvgIpc) is 2.97. The first kappa shape index (κ1) is 15.3. The number of benzene rings is 1. The summed E-state index contributed by atoms with van der Waals surface area (Å²) in [6.07, 6.45) is 3.98. The van der Waals surface area contributed by atoms with Gasteiger partial charge in [0, 0.05) is 11.6 Å². The Morgan fingerprint density at radius 3 is 2.75 bits per heavy atom. The van der Waals surface area contributed by atoms with Crippen LogP contribution in [-0.2, 0) is 0 Å². The number of likely N-dealkylation sites (tertiary alicyclic amines) is 1. The summed E-state index contributed by atoms with van der Waals surface area (Å²) in [7, 11) is 0. The molecule has 0 aliphatic carbocycles. The van der Waals surface area contributed by atoms with E-state index in [9.17, 15) is 0 Å². The molecular formula is C17H28N2O. The van der Waals surface area contributed by atoms with Crippen LogP contribution in [0, 0.1) is 0 Å². The van der Waals surface area contributed by atoms with E-state index in [0.29, 0.717) is 6.04 Å². The predicted molar refractivity (Wildman–Crippen MR) is 84.3 cm³/mol. The van der Waals surface area contributed by atoms with Crippen molar-refractivity contribution in [3.05, 3.63) is 29.8 Å². The molecule has 1 aliphatic rings. The zero-order chi connectivity index (χ0) is 14.2. The summed E-state index contributed by atoms with van der Waals surface area (Å²) in [6, 6.07) is 8.68. The lowest BCUT2D eigenvalue weighted by Crippen LogP contribution is -2.26. The molecule has 0 amide bonds. The number of nitrogens with zero attached hydrogens (tertiary/aromatic N) is 1. The van der Waals surface area contributed by atoms with Crippen molar-refractivity contribution in [3.8, 4) is 5.75 Å². The fraction of sp³-hybridized carbons (Fsp3) is 0.647. The van der Waals surface area contributed by atoms with Gasteiger partial charge in [-0.3, -0.25) is 0 Å². The van der Waals surface area contributed by atoms with Gasteiger partial charge in [0.05, 0.1) is 6.61 Å². The molecule has 20 heavy (non-hydrogen) atoms. The second-order valence-corrected chi connectivity index (χ2v) is 5.55. The first-order valence-electron chi connectivity index (χ1n) is 7.98. The molecule has 0 saturated carbocycles. The minimum atomic E-state index is 0.344. The van der Waals surface area contributed by atoms with Crippen molar-refractivity contribution in [2.45, 2.75) is 39.2 Å². The molecule has 0 bridgehead atoms. The molecule has 1 unspecified atom stereocenters. The monoisotopic (exact) mass is 276 g/mol. The minimum absolute atomic E-state index is 0.344. The Hall–Kier alpha value is -1.06. The number of ether oxygens (including phenoxy) is 1. The minimum Gasteiger partial charge on any atom is -0.494 e. The van der Waals surface area contributed by atoms with Crippen LogP contribution < -0.4 is 10.1 Å². The Labute approximate surface area is 123 Å². The Bertz CT molecular complexity index is 388. The van der Waals surface area contributed by atoms with Crippen LogP contribution in [0.2, 0.25) is 0 Å². The molecule has 1 aromatic carbocycles. The fourth-order valence-corrected chi connectivity index (χ4v) is 2.86. The first-order valence-corrected chi connectivity index (χ1v) is 7.98. The van der Waals surface area contributed by atoms with Crippen LogP contribution in [0.5, 0.6) is 5.75 Å². The zero-order valence-electron chi connectivity index (χ0n) is 12.9. The predicted octanol–water partition coefficient (Wildman–Crippen LogP) is 3.22. The molecule has 2 rings (SSSR count). The molecule has 0 spiro atoms. The largest absolute Gasteiger partial charge is 0.494 e. The van der Waals surface area contributed by atoms with E-state index in [-0.39, 0.29) is 0 Å². The molecule has 0 radical (unpaired) electrons. The lowest BCUT2D eigenvalue weighted by Gasteiger charge is -2.19.